The van der Waals surface area contributed by atoms with E-state index in [4.69, 9.17) is 5.11 Å². The van der Waals surface area contributed by atoms with E-state index in [0.29, 0.717) is 12.5 Å². The van der Waals surface area contributed by atoms with E-state index in [9.17, 15) is 0 Å². The van der Waals surface area contributed by atoms with E-state index in [1.165, 1.54) is 0 Å². The molecule has 0 aliphatic rings. The first-order chi connectivity index (χ1) is 8.09. The highest BCUT2D eigenvalue weighted by Gasteiger charge is 2.02. The molecule has 5 heteroatoms. The van der Waals surface area contributed by atoms with Gasteiger partial charge in [0.05, 0.1) is 6.10 Å². The standard InChI is InChI=1S/C12H22N4O/c1-9(2)11-6-12(16-8-15-11)14-5-4-13-7-10(3)17/h6,8-10,13,17H,4-5,7H2,1-3H3,(H,14,15,16). The van der Waals surface area contributed by atoms with Crippen LogP contribution in [0.4, 0.5) is 5.82 Å². The Bertz CT molecular complexity index is 328. The highest BCUT2D eigenvalue weighted by molar-refractivity contribution is 5.35. The van der Waals surface area contributed by atoms with Gasteiger partial charge < -0.3 is 15.7 Å². The summed E-state index contributed by atoms with van der Waals surface area (Å²) in [4.78, 5) is 8.36. The van der Waals surface area contributed by atoms with Crippen molar-refractivity contribution in [3.05, 3.63) is 18.1 Å². The molecule has 0 aliphatic heterocycles. The summed E-state index contributed by atoms with van der Waals surface area (Å²) < 4.78 is 0. The van der Waals surface area contributed by atoms with E-state index in [1.54, 1.807) is 13.3 Å². The van der Waals surface area contributed by atoms with E-state index in [0.717, 1.165) is 24.6 Å². The molecule has 1 unspecified atom stereocenters. The summed E-state index contributed by atoms with van der Waals surface area (Å²) >= 11 is 0. The van der Waals surface area contributed by atoms with E-state index < -0.39 is 0 Å². The Hall–Kier alpha value is -1.20. The molecule has 96 valence electrons. The first-order valence-electron chi connectivity index (χ1n) is 6.04. The Morgan fingerprint density at radius 3 is 2.65 bits per heavy atom. The van der Waals surface area contributed by atoms with E-state index in [-0.39, 0.29) is 6.10 Å². The van der Waals surface area contributed by atoms with Crippen LogP contribution in [0.1, 0.15) is 32.4 Å². The molecular formula is C12H22N4O. The zero-order valence-electron chi connectivity index (χ0n) is 10.8. The Labute approximate surface area is 103 Å². The molecule has 0 fully saturated rings. The van der Waals surface area contributed by atoms with Crippen LogP contribution in [-0.2, 0) is 0 Å². The minimum absolute atomic E-state index is 0.304. The molecule has 0 bridgehead atoms. The first kappa shape index (κ1) is 13.9. The number of hydrogen-bond acceptors (Lipinski definition) is 5. The average molecular weight is 238 g/mol. The van der Waals surface area contributed by atoms with Crippen LogP contribution >= 0.6 is 0 Å². The fourth-order valence-corrected chi connectivity index (χ4v) is 1.37. The van der Waals surface area contributed by atoms with Crippen LogP contribution in [0.5, 0.6) is 0 Å². The Balaban J connectivity index is 2.29. The molecule has 17 heavy (non-hydrogen) atoms. The SMILES string of the molecule is CC(O)CNCCNc1cc(C(C)C)ncn1. The summed E-state index contributed by atoms with van der Waals surface area (Å²) in [6.45, 7) is 8.17. The van der Waals surface area contributed by atoms with Crippen LogP contribution in [0.3, 0.4) is 0 Å². The van der Waals surface area contributed by atoms with Gasteiger partial charge in [0.25, 0.3) is 0 Å². The van der Waals surface area contributed by atoms with Gasteiger partial charge in [0.1, 0.15) is 12.1 Å². The third kappa shape index (κ3) is 5.60. The summed E-state index contributed by atoms with van der Waals surface area (Å²) in [6, 6.07) is 1.97. The van der Waals surface area contributed by atoms with Crippen LogP contribution in [0.15, 0.2) is 12.4 Å². The van der Waals surface area contributed by atoms with Crippen molar-refractivity contribution in [2.45, 2.75) is 32.8 Å². The minimum atomic E-state index is -0.304. The predicted molar refractivity (Wildman–Crippen MR) is 69.2 cm³/mol. The molecule has 0 aliphatic carbocycles. The average Bonchev–Trinajstić information content (AvgIpc) is 2.28. The second kappa shape index (κ2) is 7.19. The largest absolute Gasteiger partial charge is 0.392 e. The smallest absolute Gasteiger partial charge is 0.129 e. The molecule has 0 spiro atoms. The lowest BCUT2D eigenvalue weighted by molar-refractivity contribution is 0.192. The molecule has 1 rings (SSSR count). The Morgan fingerprint density at radius 1 is 1.24 bits per heavy atom. The number of hydrogen-bond donors (Lipinski definition) is 3. The minimum Gasteiger partial charge on any atom is -0.392 e. The molecule has 1 atom stereocenters. The summed E-state index contributed by atoms with van der Waals surface area (Å²) in [5, 5.41) is 15.4. The predicted octanol–water partition coefficient (Wildman–Crippen LogP) is 0.982. The molecule has 0 radical (unpaired) electrons. The van der Waals surface area contributed by atoms with Gasteiger partial charge >= 0.3 is 0 Å². The van der Waals surface area contributed by atoms with Gasteiger partial charge in [-0.25, -0.2) is 9.97 Å². The lowest BCUT2D eigenvalue weighted by Crippen LogP contribution is -2.29. The summed E-state index contributed by atoms with van der Waals surface area (Å²) in [5.41, 5.74) is 1.04. The number of rotatable bonds is 7. The summed E-state index contributed by atoms with van der Waals surface area (Å²) in [6.07, 6.45) is 1.28. The maximum Gasteiger partial charge on any atom is 0.129 e. The fourth-order valence-electron chi connectivity index (χ4n) is 1.37. The molecule has 0 saturated heterocycles. The Kier molecular flexibility index (Phi) is 5.86. The number of aliphatic hydroxyl groups excluding tert-OH is 1. The van der Waals surface area contributed by atoms with Crippen molar-refractivity contribution in [1.82, 2.24) is 15.3 Å². The second-order valence-corrected chi connectivity index (χ2v) is 4.46. The van der Waals surface area contributed by atoms with Gasteiger partial charge in [-0.15, -0.1) is 0 Å². The van der Waals surface area contributed by atoms with Gasteiger partial charge in [0.15, 0.2) is 0 Å². The van der Waals surface area contributed by atoms with Crippen LogP contribution in [0.2, 0.25) is 0 Å². The molecule has 3 N–H and O–H groups in total. The highest BCUT2D eigenvalue weighted by Crippen LogP contribution is 2.13. The van der Waals surface area contributed by atoms with Gasteiger partial charge in [-0.3, -0.25) is 0 Å². The number of anilines is 1. The van der Waals surface area contributed by atoms with Crippen LogP contribution in [0, 0.1) is 0 Å². The highest BCUT2D eigenvalue weighted by atomic mass is 16.3. The fraction of sp³-hybridized carbons (Fsp3) is 0.667. The van der Waals surface area contributed by atoms with E-state index in [2.05, 4.69) is 34.4 Å². The molecule has 0 amide bonds. The quantitative estimate of drug-likeness (QED) is 0.618. The molecule has 0 saturated carbocycles. The third-order valence-corrected chi connectivity index (χ3v) is 2.33. The lowest BCUT2D eigenvalue weighted by Gasteiger charge is -2.10. The maximum atomic E-state index is 9.06. The van der Waals surface area contributed by atoms with Crippen LogP contribution < -0.4 is 10.6 Å². The first-order valence-corrected chi connectivity index (χ1v) is 6.04. The molecule has 1 aromatic heterocycles. The molecule has 0 aromatic carbocycles. The normalized spacial score (nSPS) is 12.8. The third-order valence-electron chi connectivity index (χ3n) is 2.33. The monoisotopic (exact) mass is 238 g/mol. The van der Waals surface area contributed by atoms with Gasteiger partial charge in [0.2, 0.25) is 0 Å². The Morgan fingerprint density at radius 2 is 2.00 bits per heavy atom. The number of aromatic nitrogens is 2. The molecule has 1 heterocycles. The van der Waals surface area contributed by atoms with Crippen LogP contribution in [0.25, 0.3) is 0 Å². The van der Waals surface area contributed by atoms with Crippen molar-refractivity contribution >= 4 is 5.82 Å². The lowest BCUT2D eigenvalue weighted by atomic mass is 10.1. The maximum absolute atomic E-state index is 9.06. The topological polar surface area (TPSA) is 70.1 Å². The van der Waals surface area contributed by atoms with Gasteiger partial charge in [0, 0.05) is 31.4 Å². The molecular weight excluding hydrogens is 216 g/mol. The van der Waals surface area contributed by atoms with E-state index >= 15 is 0 Å². The van der Waals surface area contributed by atoms with Crippen molar-refractivity contribution in [2.24, 2.45) is 0 Å². The van der Waals surface area contributed by atoms with Gasteiger partial charge in [-0.1, -0.05) is 13.8 Å². The zero-order valence-corrected chi connectivity index (χ0v) is 10.8. The van der Waals surface area contributed by atoms with E-state index in [1.807, 2.05) is 6.07 Å². The number of aliphatic hydroxyl groups is 1. The van der Waals surface area contributed by atoms with Crippen molar-refractivity contribution in [1.29, 1.82) is 0 Å². The zero-order chi connectivity index (χ0) is 12.7. The van der Waals surface area contributed by atoms with Crippen molar-refractivity contribution in [3.8, 4) is 0 Å². The van der Waals surface area contributed by atoms with Crippen molar-refractivity contribution < 1.29 is 5.11 Å². The molecule has 5 nitrogen and oxygen atoms in total. The second-order valence-electron chi connectivity index (χ2n) is 4.46. The van der Waals surface area contributed by atoms with Gasteiger partial charge in [-0.05, 0) is 12.8 Å². The number of nitrogens with zero attached hydrogens (tertiary/aromatic N) is 2. The van der Waals surface area contributed by atoms with Crippen molar-refractivity contribution in [2.75, 3.05) is 25.0 Å². The number of nitrogens with one attached hydrogen (secondary N) is 2. The summed E-state index contributed by atoms with van der Waals surface area (Å²) in [7, 11) is 0. The molecule has 1 aromatic rings. The van der Waals surface area contributed by atoms with Crippen molar-refractivity contribution in [3.63, 3.8) is 0 Å². The summed E-state index contributed by atoms with van der Waals surface area (Å²) in [5.74, 6) is 1.26. The van der Waals surface area contributed by atoms with Crippen LogP contribution in [-0.4, -0.2) is 40.8 Å². The van der Waals surface area contributed by atoms with Gasteiger partial charge in [-0.2, -0.15) is 0 Å².